The van der Waals surface area contributed by atoms with Gasteiger partial charge >= 0.3 is 0 Å². The van der Waals surface area contributed by atoms with Gasteiger partial charge in [0.1, 0.15) is 0 Å². The molecule has 0 N–H and O–H groups in total. The van der Waals surface area contributed by atoms with Crippen molar-refractivity contribution < 1.29 is 13.3 Å². The van der Waals surface area contributed by atoms with Gasteiger partial charge in [0.05, 0.1) is 15.9 Å². The molecule has 1 saturated heterocycles. The molecule has 140 valence electrons. The van der Waals surface area contributed by atoms with Crippen LogP contribution >= 0.6 is 0 Å². The minimum absolute atomic E-state index is 0.0829. The monoisotopic (exact) mass is 387 g/mol. The maximum atomic E-state index is 13.2. The van der Waals surface area contributed by atoms with Gasteiger partial charge in [0, 0.05) is 24.4 Å². The number of hydrogen-bond donors (Lipinski definition) is 0. The van der Waals surface area contributed by atoms with E-state index in [1.165, 1.54) is 16.4 Å². The number of hydrogen-bond acceptors (Lipinski definition) is 6. The van der Waals surface area contributed by atoms with Crippen molar-refractivity contribution >= 4 is 21.4 Å². The molecule has 3 heterocycles. The maximum absolute atomic E-state index is 13.2. The van der Waals surface area contributed by atoms with E-state index in [-0.39, 0.29) is 10.6 Å². The first-order valence-corrected chi connectivity index (χ1v) is 9.90. The minimum atomic E-state index is -3.91. The lowest BCUT2D eigenvalue weighted by Crippen LogP contribution is -2.31. The fraction of sp³-hybridized carbons (Fsp3) is 0.294. The molecule has 0 spiro atoms. The van der Waals surface area contributed by atoms with Crippen LogP contribution in [0.2, 0.25) is 0 Å². The summed E-state index contributed by atoms with van der Waals surface area (Å²) in [5.74, 6) is 0.549. The molecule has 2 aromatic heterocycles. The van der Waals surface area contributed by atoms with Gasteiger partial charge in [-0.25, -0.2) is 8.42 Å². The van der Waals surface area contributed by atoms with E-state index in [4.69, 9.17) is 0 Å². The molecular weight excluding hydrogens is 370 g/mol. The number of nitro benzene ring substituents is 1. The lowest BCUT2D eigenvalue weighted by Gasteiger charge is -2.23. The van der Waals surface area contributed by atoms with Gasteiger partial charge in [-0.2, -0.15) is 4.31 Å². The number of rotatable bonds is 4. The highest BCUT2D eigenvalue weighted by Crippen LogP contribution is 2.36. The second kappa shape index (κ2) is 6.39. The van der Waals surface area contributed by atoms with Crippen molar-refractivity contribution in [1.82, 2.24) is 18.9 Å². The van der Waals surface area contributed by atoms with Gasteiger partial charge in [-0.15, -0.1) is 10.2 Å². The molecule has 0 bridgehead atoms. The summed E-state index contributed by atoms with van der Waals surface area (Å²) < 4.78 is 29.6. The van der Waals surface area contributed by atoms with Crippen LogP contribution in [0.25, 0.3) is 5.65 Å². The summed E-state index contributed by atoms with van der Waals surface area (Å²) in [6.45, 7) is 1.91. The Labute approximate surface area is 155 Å². The molecule has 1 fully saturated rings. The lowest BCUT2D eigenvalue weighted by atomic mass is 10.2. The van der Waals surface area contributed by atoms with Gasteiger partial charge in [0.15, 0.2) is 11.5 Å². The summed E-state index contributed by atoms with van der Waals surface area (Å²) in [6, 6.07) is 9.00. The first-order chi connectivity index (χ1) is 12.9. The molecule has 4 rings (SSSR count). The molecule has 1 aromatic carbocycles. The summed E-state index contributed by atoms with van der Waals surface area (Å²) in [5.41, 5.74) is 0.850. The molecule has 0 radical (unpaired) electrons. The van der Waals surface area contributed by atoms with Gasteiger partial charge < -0.3 is 0 Å². The predicted molar refractivity (Wildman–Crippen MR) is 96.7 cm³/mol. The van der Waals surface area contributed by atoms with E-state index in [2.05, 4.69) is 10.2 Å². The van der Waals surface area contributed by atoms with Crippen molar-refractivity contribution in [3.63, 3.8) is 0 Å². The van der Waals surface area contributed by atoms with Crippen molar-refractivity contribution in [1.29, 1.82) is 0 Å². The second-order valence-electron chi connectivity index (χ2n) is 6.47. The van der Waals surface area contributed by atoms with Gasteiger partial charge in [0.25, 0.3) is 5.69 Å². The van der Waals surface area contributed by atoms with E-state index in [0.29, 0.717) is 36.4 Å². The fourth-order valence-corrected chi connectivity index (χ4v) is 5.13. The molecule has 1 atom stereocenters. The molecule has 1 aliphatic heterocycles. The largest absolute Gasteiger partial charge is 0.285 e. The van der Waals surface area contributed by atoms with E-state index in [9.17, 15) is 18.5 Å². The lowest BCUT2D eigenvalue weighted by molar-refractivity contribution is -0.385. The molecule has 3 aromatic rings. The van der Waals surface area contributed by atoms with Crippen LogP contribution in [0, 0.1) is 17.0 Å². The summed E-state index contributed by atoms with van der Waals surface area (Å²) in [6.07, 6.45) is 3.09. The number of pyridine rings is 1. The molecule has 9 nitrogen and oxygen atoms in total. The first kappa shape index (κ1) is 17.6. The van der Waals surface area contributed by atoms with Crippen LogP contribution in [0.5, 0.6) is 0 Å². The molecule has 0 aliphatic carbocycles. The fourth-order valence-electron chi connectivity index (χ4n) is 3.45. The number of aromatic nitrogens is 3. The summed E-state index contributed by atoms with van der Waals surface area (Å²) >= 11 is 0. The van der Waals surface area contributed by atoms with Crippen LogP contribution in [-0.2, 0) is 10.0 Å². The third kappa shape index (κ3) is 2.86. The third-order valence-electron chi connectivity index (χ3n) is 4.83. The van der Waals surface area contributed by atoms with Crippen LogP contribution in [0.3, 0.4) is 0 Å². The molecule has 27 heavy (non-hydrogen) atoms. The Morgan fingerprint density at radius 1 is 1.22 bits per heavy atom. The number of nitro groups is 1. The van der Waals surface area contributed by atoms with Gasteiger partial charge in [-0.3, -0.25) is 14.5 Å². The van der Waals surface area contributed by atoms with Crippen molar-refractivity contribution in [3.05, 3.63) is 64.1 Å². The van der Waals surface area contributed by atoms with Crippen LogP contribution in [0.4, 0.5) is 5.69 Å². The van der Waals surface area contributed by atoms with Crippen LogP contribution in [0.15, 0.2) is 47.5 Å². The number of fused-ring (bicyclic) bond motifs is 1. The van der Waals surface area contributed by atoms with E-state index >= 15 is 0 Å². The first-order valence-electron chi connectivity index (χ1n) is 8.46. The maximum Gasteiger partial charge on any atom is 0.273 e. The average molecular weight is 387 g/mol. The van der Waals surface area contributed by atoms with Crippen LogP contribution in [0.1, 0.15) is 30.3 Å². The van der Waals surface area contributed by atoms with Crippen molar-refractivity contribution in [2.24, 2.45) is 0 Å². The smallest absolute Gasteiger partial charge is 0.273 e. The zero-order valence-electron chi connectivity index (χ0n) is 14.5. The molecule has 0 saturated carbocycles. The van der Waals surface area contributed by atoms with Crippen LogP contribution in [-0.4, -0.2) is 38.8 Å². The van der Waals surface area contributed by atoms with E-state index < -0.39 is 21.0 Å². The number of aryl methyl sites for hydroxylation is 1. The van der Waals surface area contributed by atoms with Crippen molar-refractivity contribution in [2.75, 3.05) is 6.54 Å². The minimum Gasteiger partial charge on any atom is -0.285 e. The average Bonchev–Trinajstić information content (AvgIpc) is 3.28. The molecule has 0 unspecified atom stereocenters. The zero-order valence-corrected chi connectivity index (χ0v) is 15.3. The SMILES string of the molecule is Cc1ccc(S(=O)(=O)N2CCC[C@@H]2c2nnc3ccccn23)cc1[N+](=O)[O-]. The molecule has 1 aliphatic rings. The second-order valence-corrected chi connectivity index (χ2v) is 8.36. The van der Waals surface area contributed by atoms with E-state index in [1.54, 1.807) is 23.6 Å². The van der Waals surface area contributed by atoms with Crippen LogP contribution < -0.4 is 0 Å². The third-order valence-corrected chi connectivity index (χ3v) is 6.73. The van der Waals surface area contributed by atoms with E-state index in [1.807, 2.05) is 12.1 Å². The number of nitrogens with zero attached hydrogens (tertiary/aromatic N) is 5. The Kier molecular flexibility index (Phi) is 4.16. The Morgan fingerprint density at radius 3 is 2.81 bits per heavy atom. The Bertz CT molecular complexity index is 1140. The number of sulfonamides is 1. The quantitative estimate of drug-likeness (QED) is 0.502. The topological polar surface area (TPSA) is 111 Å². The van der Waals surface area contributed by atoms with Gasteiger partial charge in [-0.05, 0) is 38.0 Å². The highest BCUT2D eigenvalue weighted by atomic mass is 32.2. The van der Waals surface area contributed by atoms with E-state index in [0.717, 1.165) is 6.07 Å². The van der Waals surface area contributed by atoms with Gasteiger partial charge in [0.2, 0.25) is 10.0 Å². The molecule has 10 heteroatoms. The highest BCUT2D eigenvalue weighted by molar-refractivity contribution is 7.89. The summed E-state index contributed by atoms with van der Waals surface area (Å²) in [4.78, 5) is 10.5. The Hall–Kier alpha value is -2.85. The molecule has 0 amide bonds. The van der Waals surface area contributed by atoms with Gasteiger partial charge in [-0.1, -0.05) is 12.1 Å². The summed E-state index contributed by atoms with van der Waals surface area (Å²) in [7, 11) is -3.91. The standard InChI is InChI=1S/C17H17N5O4S/c1-12-7-8-13(11-15(12)22(23)24)27(25,26)21-10-4-5-14(21)17-19-18-16-6-2-3-9-20(16)17/h2-3,6-9,11,14H,4-5,10H2,1H3/t14-/m1/s1. The van der Waals surface area contributed by atoms with Crippen molar-refractivity contribution in [2.45, 2.75) is 30.7 Å². The highest BCUT2D eigenvalue weighted by Gasteiger charge is 2.39. The summed E-state index contributed by atoms with van der Waals surface area (Å²) in [5, 5.41) is 19.5. The molecular formula is C17H17N5O4S. The Morgan fingerprint density at radius 2 is 2.04 bits per heavy atom. The number of benzene rings is 1. The normalized spacial score (nSPS) is 18.2. The zero-order chi connectivity index (χ0) is 19.2. The Balaban J connectivity index is 1.77. The van der Waals surface area contributed by atoms with Crippen molar-refractivity contribution in [3.8, 4) is 0 Å². The predicted octanol–water partition coefficient (Wildman–Crippen LogP) is 2.47.